The zero-order chi connectivity index (χ0) is 12.5. The number of nitrogens with zero attached hydrogens (tertiary/aromatic N) is 1. The normalized spacial score (nSPS) is 23.5. The van der Waals surface area contributed by atoms with Crippen LogP contribution in [0.5, 0.6) is 0 Å². The molecule has 3 N–H and O–H groups in total. The van der Waals surface area contributed by atoms with Gasteiger partial charge in [-0.15, -0.1) is 0 Å². The molecule has 2 unspecified atom stereocenters. The van der Waals surface area contributed by atoms with Gasteiger partial charge in [0.15, 0.2) is 0 Å². The van der Waals surface area contributed by atoms with Gasteiger partial charge in [0.1, 0.15) is 11.3 Å². The summed E-state index contributed by atoms with van der Waals surface area (Å²) in [5.74, 6) is -1.61. The van der Waals surface area contributed by atoms with Gasteiger partial charge in [-0.05, 0) is 6.42 Å². The first-order valence-corrected chi connectivity index (χ1v) is 6.42. The standard InChI is InChI=1S/C8H14N2O5S/c1-2-6(8(12)13)10-4-5(3-7(10)11)16(9,14)15/h5-6H,2-4H2,1H3,(H,12,13)(H2,9,14,15). The molecule has 0 aliphatic carbocycles. The summed E-state index contributed by atoms with van der Waals surface area (Å²) in [5.41, 5.74) is 0. The second-order valence-corrected chi connectivity index (χ2v) is 5.57. The molecule has 0 radical (unpaired) electrons. The van der Waals surface area contributed by atoms with Gasteiger partial charge in [0.2, 0.25) is 15.9 Å². The molecular formula is C8H14N2O5S. The fourth-order valence-corrected chi connectivity index (χ4v) is 2.49. The Bertz CT molecular complexity index is 405. The van der Waals surface area contributed by atoms with Crippen molar-refractivity contribution in [2.45, 2.75) is 31.1 Å². The number of aliphatic carboxylic acids is 1. The highest BCUT2D eigenvalue weighted by molar-refractivity contribution is 7.89. The molecule has 1 aliphatic rings. The number of sulfonamides is 1. The topological polar surface area (TPSA) is 118 Å². The summed E-state index contributed by atoms with van der Waals surface area (Å²) in [7, 11) is -3.79. The minimum absolute atomic E-state index is 0.136. The van der Waals surface area contributed by atoms with Crippen molar-refractivity contribution < 1.29 is 23.1 Å². The molecule has 1 fully saturated rings. The maximum absolute atomic E-state index is 11.5. The quantitative estimate of drug-likeness (QED) is 0.645. The van der Waals surface area contributed by atoms with E-state index in [0.717, 1.165) is 4.90 Å². The lowest BCUT2D eigenvalue weighted by atomic mass is 10.2. The predicted octanol–water partition coefficient (Wildman–Crippen LogP) is -1.26. The molecular weight excluding hydrogens is 236 g/mol. The van der Waals surface area contributed by atoms with Crippen molar-refractivity contribution in [2.75, 3.05) is 6.54 Å². The van der Waals surface area contributed by atoms with Crippen molar-refractivity contribution in [1.29, 1.82) is 0 Å². The fraction of sp³-hybridized carbons (Fsp3) is 0.750. The van der Waals surface area contributed by atoms with E-state index in [4.69, 9.17) is 10.2 Å². The monoisotopic (exact) mass is 250 g/mol. The highest BCUT2D eigenvalue weighted by Gasteiger charge is 2.41. The molecule has 1 heterocycles. The van der Waals surface area contributed by atoms with E-state index >= 15 is 0 Å². The van der Waals surface area contributed by atoms with Crippen LogP contribution < -0.4 is 5.14 Å². The Morgan fingerprint density at radius 2 is 2.25 bits per heavy atom. The first-order chi connectivity index (χ1) is 7.27. The number of carbonyl (C=O) groups excluding carboxylic acids is 1. The molecule has 0 aromatic rings. The van der Waals surface area contributed by atoms with Crippen LogP contribution in [0, 0.1) is 0 Å². The smallest absolute Gasteiger partial charge is 0.326 e. The highest BCUT2D eigenvalue weighted by atomic mass is 32.2. The molecule has 0 aromatic carbocycles. The zero-order valence-corrected chi connectivity index (χ0v) is 9.61. The maximum Gasteiger partial charge on any atom is 0.326 e. The van der Waals surface area contributed by atoms with E-state index in [0.29, 0.717) is 0 Å². The number of carboxylic acid groups (broad SMARTS) is 1. The van der Waals surface area contributed by atoms with Gasteiger partial charge in [0.05, 0.1) is 0 Å². The third kappa shape index (κ3) is 2.50. The summed E-state index contributed by atoms with van der Waals surface area (Å²) >= 11 is 0. The average molecular weight is 250 g/mol. The number of nitrogens with two attached hydrogens (primary N) is 1. The highest BCUT2D eigenvalue weighted by Crippen LogP contribution is 2.20. The molecule has 92 valence electrons. The Hall–Kier alpha value is -1.15. The van der Waals surface area contributed by atoms with Crippen LogP contribution in [-0.2, 0) is 19.6 Å². The summed E-state index contributed by atoms with van der Waals surface area (Å²) in [6.45, 7) is 1.48. The van der Waals surface area contributed by atoms with Gasteiger partial charge >= 0.3 is 5.97 Å². The molecule has 2 atom stereocenters. The average Bonchev–Trinajstić information content (AvgIpc) is 2.48. The van der Waals surface area contributed by atoms with Crippen molar-refractivity contribution in [1.82, 2.24) is 4.90 Å². The molecule has 0 spiro atoms. The number of rotatable bonds is 4. The second kappa shape index (κ2) is 4.38. The maximum atomic E-state index is 11.5. The van der Waals surface area contributed by atoms with Gasteiger partial charge in [-0.3, -0.25) is 4.79 Å². The summed E-state index contributed by atoms with van der Waals surface area (Å²) in [6.07, 6.45) is 0.00102. The molecule has 1 amide bonds. The van der Waals surface area contributed by atoms with Crippen LogP contribution >= 0.6 is 0 Å². The van der Waals surface area contributed by atoms with Crippen molar-refractivity contribution >= 4 is 21.9 Å². The van der Waals surface area contributed by atoms with E-state index in [1.807, 2.05) is 0 Å². The first kappa shape index (κ1) is 12.9. The Balaban J connectivity index is 2.86. The fourth-order valence-electron chi connectivity index (χ4n) is 1.75. The van der Waals surface area contributed by atoms with E-state index in [-0.39, 0.29) is 19.4 Å². The minimum Gasteiger partial charge on any atom is -0.480 e. The van der Waals surface area contributed by atoms with Crippen molar-refractivity contribution in [3.05, 3.63) is 0 Å². The van der Waals surface area contributed by atoms with Crippen LogP contribution in [0.2, 0.25) is 0 Å². The predicted molar refractivity (Wildman–Crippen MR) is 54.9 cm³/mol. The first-order valence-electron chi connectivity index (χ1n) is 4.81. The number of hydrogen-bond donors (Lipinski definition) is 2. The van der Waals surface area contributed by atoms with Gasteiger partial charge in [-0.1, -0.05) is 6.92 Å². The Kier molecular flexibility index (Phi) is 3.54. The molecule has 1 saturated heterocycles. The third-order valence-electron chi connectivity index (χ3n) is 2.64. The molecule has 1 rings (SSSR count). The zero-order valence-electron chi connectivity index (χ0n) is 8.79. The third-order valence-corrected chi connectivity index (χ3v) is 3.88. The lowest BCUT2D eigenvalue weighted by molar-refractivity contribution is -0.148. The Labute approximate surface area is 93.3 Å². The van der Waals surface area contributed by atoms with Gasteiger partial charge < -0.3 is 10.0 Å². The van der Waals surface area contributed by atoms with Gasteiger partial charge in [0, 0.05) is 13.0 Å². The molecule has 0 saturated carbocycles. The SMILES string of the molecule is CCC(C(=O)O)N1CC(S(N)(=O)=O)CC1=O. The van der Waals surface area contributed by atoms with Crippen molar-refractivity contribution in [3.63, 3.8) is 0 Å². The number of hydrogen-bond acceptors (Lipinski definition) is 4. The van der Waals surface area contributed by atoms with Crippen LogP contribution in [0.4, 0.5) is 0 Å². The molecule has 7 nitrogen and oxygen atoms in total. The molecule has 0 aromatic heterocycles. The van der Waals surface area contributed by atoms with Crippen LogP contribution in [-0.4, -0.2) is 48.1 Å². The lowest BCUT2D eigenvalue weighted by Gasteiger charge is -2.23. The summed E-state index contributed by atoms with van der Waals surface area (Å²) in [6, 6.07) is -0.973. The molecule has 16 heavy (non-hydrogen) atoms. The summed E-state index contributed by atoms with van der Waals surface area (Å²) in [5, 5.41) is 12.8. The second-order valence-electron chi connectivity index (χ2n) is 3.72. The van der Waals surface area contributed by atoms with E-state index in [9.17, 15) is 18.0 Å². The van der Waals surface area contributed by atoms with E-state index in [2.05, 4.69) is 0 Å². The van der Waals surface area contributed by atoms with E-state index in [1.165, 1.54) is 0 Å². The molecule has 8 heteroatoms. The molecule has 0 bridgehead atoms. The Morgan fingerprint density at radius 3 is 2.56 bits per heavy atom. The van der Waals surface area contributed by atoms with Crippen LogP contribution in [0.3, 0.4) is 0 Å². The van der Waals surface area contributed by atoms with Crippen LogP contribution in [0.1, 0.15) is 19.8 Å². The summed E-state index contributed by atoms with van der Waals surface area (Å²) in [4.78, 5) is 23.4. The number of amides is 1. The largest absolute Gasteiger partial charge is 0.480 e. The Morgan fingerprint density at radius 1 is 1.69 bits per heavy atom. The van der Waals surface area contributed by atoms with Crippen molar-refractivity contribution in [2.24, 2.45) is 5.14 Å². The van der Waals surface area contributed by atoms with Gasteiger partial charge in [-0.2, -0.15) is 0 Å². The van der Waals surface area contributed by atoms with Crippen molar-refractivity contribution in [3.8, 4) is 0 Å². The number of likely N-dealkylation sites (tertiary alicyclic amines) is 1. The van der Waals surface area contributed by atoms with E-state index < -0.39 is 33.2 Å². The number of carboxylic acids is 1. The van der Waals surface area contributed by atoms with Gasteiger partial charge in [-0.25, -0.2) is 18.4 Å². The summed E-state index contributed by atoms with van der Waals surface area (Å²) < 4.78 is 22.1. The van der Waals surface area contributed by atoms with Gasteiger partial charge in [0.25, 0.3) is 0 Å². The number of carbonyl (C=O) groups is 2. The lowest BCUT2D eigenvalue weighted by Crippen LogP contribution is -2.43. The van der Waals surface area contributed by atoms with Crippen LogP contribution in [0.25, 0.3) is 0 Å². The molecule has 1 aliphatic heterocycles. The minimum atomic E-state index is -3.79. The van der Waals surface area contributed by atoms with E-state index in [1.54, 1.807) is 6.92 Å². The van der Waals surface area contributed by atoms with Crippen LogP contribution in [0.15, 0.2) is 0 Å². The number of primary sulfonamides is 1.